The molecule has 0 aromatic heterocycles. The van der Waals surface area contributed by atoms with Crippen LogP contribution in [0.15, 0.2) is 0 Å². The summed E-state index contributed by atoms with van der Waals surface area (Å²) in [5, 5.41) is 9.19. The lowest BCUT2D eigenvalue weighted by Crippen LogP contribution is -2.44. The number of carbonyl (C=O) groups excluding carboxylic acids is 1. The number of esters is 1. The maximum Gasteiger partial charge on any atom is 0.414 e. The van der Waals surface area contributed by atoms with E-state index >= 15 is 0 Å². The third-order valence-electron chi connectivity index (χ3n) is 3.34. The average Bonchev–Trinajstić information content (AvgIpc) is 2.35. The quantitative estimate of drug-likeness (QED) is 0.787. The highest BCUT2D eigenvalue weighted by atomic mass is 19.4. The molecule has 118 valence electrons. The second-order valence-corrected chi connectivity index (χ2v) is 5.68. The van der Waals surface area contributed by atoms with E-state index in [1.54, 1.807) is 4.90 Å². The highest BCUT2D eigenvalue weighted by molar-refractivity contribution is 5.71. The van der Waals surface area contributed by atoms with Gasteiger partial charge < -0.3 is 9.84 Å². The third kappa shape index (κ3) is 5.66. The van der Waals surface area contributed by atoms with E-state index < -0.39 is 18.2 Å². The van der Waals surface area contributed by atoms with Gasteiger partial charge in [0, 0.05) is 0 Å². The molecule has 0 amide bonds. The summed E-state index contributed by atoms with van der Waals surface area (Å²) >= 11 is 0. The predicted octanol–water partition coefficient (Wildman–Crippen LogP) is 1.82. The first-order chi connectivity index (χ1) is 9.20. The number of nitrogens with zero attached hydrogens (tertiary/aromatic N) is 1. The van der Waals surface area contributed by atoms with E-state index in [9.17, 15) is 23.1 Å². The highest BCUT2D eigenvalue weighted by Gasteiger charge is 2.44. The zero-order chi connectivity index (χ0) is 15.3. The van der Waals surface area contributed by atoms with Gasteiger partial charge in [-0.15, -0.1) is 0 Å². The summed E-state index contributed by atoms with van der Waals surface area (Å²) in [5.41, 5.74) is 0. The Labute approximate surface area is 116 Å². The number of hydrogen-bond donors (Lipinski definition) is 1. The Morgan fingerprint density at radius 1 is 1.35 bits per heavy atom. The van der Waals surface area contributed by atoms with Crippen molar-refractivity contribution in [2.24, 2.45) is 11.8 Å². The molecule has 0 bridgehead atoms. The number of rotatable bonds is 5. The van der Waals surface area contributed by atoms with E-state index in [4.69, 9.17) is 4.74 Å². The molecule has 20 heavy (non-hydrogen) atoms. The van der Waals surface area contributed by atoms with Crippen molar-refractivity contribution in [1.29, 1.82) is 0 Å². The number of piperidine rings is 1. The zero-order valence-electron chi connectivity index (χ0n) is 11.8. The lowest BCUT2D eigenvalue weighted by atomic mass is 9.91. The molecule has 4 nitrogen and oxygen atoms in total. The number of likely N-dealkylation sites (tertiary alicyclic amines) is 1. The van der Waals surface area contributed by atoms with Crippen molar-refractivity contribution in [3.63, 3.8) is 0 Å². The molecular formula is C13H22F3NO3. The molecule has 0 radical (unpaired) electrons. The molecular weight excluding hydrogens is 275 g/mol. The fourth-order valence-electron chi connectivity index (χ4n) is 2.18. The summed E-state index contributed by atoms with van der Waals surface area (Å²) in [6.07, 6.45) is -6.36. The molecule has 0 aromatic rings. The van der Waals surface area contributed by atoms with E-state index in [0.29, 0.717) is 19.7 Å². The summed E-state index contributed by atoms with van der Waals surface area (Å²) in [6, 6.07) is 0. The van der Waals surface area contributed by atoms with E-state index in [0.717, 1.165) is 0 Å². The third-order valence-corrected chi connectivity index (χ3v) is 3.34. The van der Waals surface area contributed by atoms with Crippen LogP contribution in [-0.2, 0) is 9.53 Å². The molecule has 1 aliphatic heterocycles. The molecule has 0 saturated carbocycles. The second-order valence-electron chi connectivity index (χ2n) is 5.68. The maximum absolute atomic E-state index is 12.4. The van der Waals surface area contributed by atoms with Gasteiger partial charge in [0.1, 0.15) is 0 Å². The number of ether oxygens (including phenoxy) is 1. The van der Waals surface area contributed by atoms with Crippen molar-refractivity contribution in [2.45, 2.75) is 39.0 Å². The summed E-state index contributed by atoms with van der Waals surface area (Å²) in [7, 11) is 0. The van der Waals surface area contributed by atoms with E-state index in [1.807, 2.05) is 13.8 Å². The van der Waals surface area contributed by atoms with Gasteiger partial charge in [-0.05, 0) is 37.8 Å². The van der Waals surface area contributed by atoms with Crippen LogP contribution >= 0.6 is 0 Å². The van der Waals surface area contributed by atoms with Crippen molar-refractivity contribution in [1.82, 2.24) is 4.90 Å². The molecule has 1 rings (SSSR count). The Balaban J connectivity index is 2.30. The summed E-state index contributed by atoms with van der Waals surface area (Å²) in [6.45, 7) is 5.04. The van der Waals surface area contributed by atoms with Crippen molar-refractivity contribution in [3.05, 3.63) is 0 Å². The first kappa shape index (κ1) is 17.2. The first-order valence-electron chi connectivity index (χ1n) is 6.83. The lowest BCUT2D eigenvalue weighted by Gasteiger charge is -2.34. The Kier molecular flexibility index (Phi) is 6.26. The smallest absolute Gasteiger partial charge is 0.414 e. The van der Waals surface area contributed by atoms with Gasteiger partial charge in [0.25, 0.3) is 0 Å². The van der Waals surface area contributed by atoms with Crippen LogP contribution in [0.3, 0.4) is 0 Å². The van der Waals surface area contributed by atoms with Crippen molar-refractivity contribution in [3.8, 4) is 0 Å². The Morgan fingerprint density at radius 2 is 1.90 bits per heavy atom. The fraction of sp³-hybridized carbons (Fsp3) is 0.923. The minimum atomic E-state index is -4.57. The van der Waals surface area contributed by atoms with Crippen molar-refractivity contribution < 1.29 is 27.8 Å². The number of aliphatic hydroxyl groups is 1. The minimum Gasteiger partial charge on any atom is -0.464 e. The topological polar surface area (TPSA) is 49.8 Å². The van der Waals surface area contributed by atoms with Gasteiger partial charge in [-0.1, -0.05) is 13.8 Å². The van der Waals surface area contributed by atoms with Crippen LogP contribution < -0.4 is 0 Å². The number of aliphatic hydroxyl groups excluding tert-OH is 1. The van der Waals surface area contributed by atoms with E-state index in [1.165, 1.54) is 0 Å². The van der Waals surface area contributed by atoms with Gasteiger partial charge in [0.15, 0.2) is 6.10 Å². The van der Waals surface area contributed by atoms with Crippen LogP contribution in [0, 0.1) is 11.8 Å². The first-order valence-corrected chi connectivity index (χ1v) is 6.83. The van der Waals surface area contributed by atoms with Crippen LogP contribution in [-0.4, -0.2) is 54.5 Å². The minimum absolute atomic E-state index is 0.0988. The molecule has 1 saturated heterocycles. The molecule has 7 heteroatoms. The van der Waals surface area contributed by atoms with Crippen molar-refractivity contribution in [2.75, 3.05) is 26.2 Å². The van der Waals surface area contributed by atoms with E-state index in [2.05, 4.69) is 0 Å². The molecule has 1 N–H and O–H groups in total. The number of carbonyl (C=O) groups is 1. The zero-order valence-corrected chi connectivity index (χ0v) is 11.8. The molecule has 1 unspecified atom stereocenters. The number of alkyl halides is 3. The highest BCUT2D eigenvalue weighted by Crippen LogP contribution is 2.31. The number of hydrogen-bond acceptors (Lipinski definition) is 4. The van der Waals surface area contributed by atoms with Gasteiger partial charge >= 0.3 is 12.1 Å². The largest absolute Gasteiger partial charge is 0.464 e. The number of halogens is 3. The van der Waals surface area contributed by atoms with Crippen molar-refractivity contribution >= 4 is 5.97 Å². The maximum atomic E-state index is 12.4. The van der Waals surface area contributed by atoms with Crippen LogP contribution in [0.2, 0.25) is 0 Å². The van der Waals surface area contributed by atoms with Gasteiger partial charge in [-0.25, -0.2) is 0 Å². The molecule has 1 heterocycles. The van der Waals surface area contributed by atoms with Gasteiger partial charge in [0.2, 0.25) is 0 Å². The standard InChI is InChI=1S/C13H22F3NO3/c1-9(2)8-20-11(18)7-17-5-3-10(4-6-17)12(19)13(14,15)16/h9-10,12,19H,3-8H2,1-2H3. The average molecular weight is 297 g/mol. The van der Waals surface area contributed by atoms with Gasteiger partial charge in [-0.2, -0.15) is 13.2 Å². The van der Waals surface area contributed by atoms with Gasteiger partial charge in [-0.3, -0.25) is 9.69 Å². The van der Waals surface area contributed by atoms with E-state index in [-0.39, 0.29) is 31.3 Å². The molecule has 1 aliphatic rings. The van der Waals surface area contributed by atoms with Crippen LogP contribution in [0.25, 0.3) is 0 Å². The summed E-state index contributed by atoms with van der Waals surface area (Å²) < 4.78 is 42.2. The van der Waals surface area contributed by atoms with Crippen LogP contribution in [0.5, 0.6) is 0 Å². The van der Waals surface area contributed by atoms with Crippen LogP contribution in [0.4, 0.5) is 13.2 Å². The lowest BCUT2D eigenvalue weighted by molar-refractivity contribution is -0.223. The monoisotopic (exact) mass is 297 g/mol. The molecule has 1 atom stereocenters. The Morgan fingerprint density at radius 3 is 2.35 bits per heavy atom. The second kappa shape index (κ2) is 7.26. The van der Waals surface area contributed by atoms with Crippen LogP contribution in [0.1, 0.15) is 26.7 Å². The Bertz CT molecular complexity index is 312. The summed E-state index contributed by atoms with van der Waals surface area (Å²) in [5.74, 6) is -0.877. The fourth-order valence-corrected chi connectivity index (χ4v) is 2.18. The molecule has 0 aromatic carbocycles. The SMILES string of the molecule is CC(C)COC(=O)CN1CCC(C(O)C(F)(F)F)CC1. The van der Waals surface area contributed by atoms with Gasteiger partial charge in [0.05, 0.1) is 13.2 Å². The Hall–Kier alpha value is -0.820. The predicted molar refractivity (Wildman–Crippen MR) is 67.0 cm³/mol. The molecule has 1 fully saturated rings. The molecule has 0 aliphatic carbocycles. The normalized spacial score (nSPS) is 20.1. The summed E-state index contributed by atoms with van der Waals surface area (Å²) in [4.78, 5) is 13.3. The molecule has 0 spiro atoms.